The van der Waals surface area contributed by atoms with Crippen molar-refractivity contribution in [3.63, 3.8) is 0 Å². The SMILES string of the molecule is O=c1ccn(C2CCCc3ccccc32)c(=O)[nH]1. The number of hydrogen-bond donors (Lipinski definition) is 1. The third-order valence-corrected chi connectivity index (χ3v) is 3.52. The molecule has 1 aromatic heterocycles. The molecule has 4 heteroatoms. The van der Waals surface area contributed by atoms with E-state index >= 15 is 0 Å². The highest BCUT2D eigenvalue weighted by molar-refractivity contribution is 5.32. The van der Waals surface area contributed by atoms with Crippen molar-refractivity contribution in [3.8, 4) is 0 Å². The molecule has 0 saturated heterocycles. The number of aromatic nitrogens is 2. The fourth-order valence-electron chi connectivity index (χ4n) is 2.69. The van der Waals surface area contributed by atoms with Crippen LogP contribution in [0.5, 0.6) is 0 Å². The van der Waals surface area contributed by atoms with Gasteiger partial charge >= 0.3 is 5.69 Å². The first-order valence-corrected chi connectivity index (χ1v) is 6.15. The van der Waals surface area contributed by atoms with E-state index in [1.807, 2.05) is 12.1 Å². The summed E-state index contributed by atoms with van der Waals surface area (Å²) in [6.45, 7) is 0. The lowest BCUT2D eigenvalue weighted by molar-refractivity contribution is 0.469. The second-order valence-corrected chi connectivity index (χ2v) is 4.62. The number of fused-ring (bicyclic) bond motifs is 1. The zero-order chi connectivity index (χ0) is 12.5. The maximum atomic E-state index is 11.9. The lowest BCUT2D eigenvalue weighted by atomic mass is 9.87. The molecule has 4 nitrogen and oxygen atoms in total. The Balaban J connectivity index is 2.14. The van der Waals surface area contributed by atoms with E-state index in [1.54, 1.807) is 10.8 Å². The second kappa shape index (κ2) is 4.29. The monoisotopic (exact) mass is 242 g/mol. The smallest absolute Gasteiger partial charge is 0.293 e. The van der Waals surface area contributed by atoms with E-state index in [0.717, 1.165) is 19.3 Å². The van der Waals surface area contributed by atoms with Gasteiger partial charge in [-0.2, -0.15) is 0 Å². The van der Waals surface area contributed by atoms with Gasteiger partial charge < -0.3 is 0 Å². The Kier molecular flexibility index (Phi) is 2.63. The summed E-state index contributed by atoms with van der Waals surface area (Å²) in [5.74, 6) is 0. The summed E-state index contributed by atoms with van der Waals surface area (Å²) < 4.78 is 1.62. The average Bonchev–Trinajstić information content (AvgIpc) is 2.38. The highest BCUT2D eigenvalue weighted by atomic mass is 16.2. The van der Waals surface area contributed by atoms with Gasteiger partial charge in [-0.15, -0.1) is 0 Å². The Morgan fingerprint density at radius 3 is 2.83 bits per heavy atom. The van der Waals surface area contributed by atoms with Gasteiger partial charge in [0.15, 0.2) is 0 Å². The summed E-state index contributed by atoms with van der Waals surface area (Å²) in [6.07, 6.45) is 4.65. The van der Waals surface area contributed by atoms with Crippen LogP contribution in [0, 0.1) is 0 Å². The molecule has 1 heterocycles. The standard InChI is InChI=1S/C14H14N2O2/c17-13-8-9-16(14(18)15-13)12-7-3-5-10-4-1-2-6-11(10)12/h1-2,4,6,8-9,12H,3,5,7H2,(H,15,17,18). The van der Waals surface area contributed by atoms with Crippen LogP contribution in [0.3, 0.4) is 0 Å². The van der Waals surface area contributed by atoms with Crippen molar-refractivity contribution in [2.75, 3.05) is 0 Å². The minimum Gasteiger partial charge on any atom is -0.293 e. The van der Waals surface area contributed by atoms with Gasteiger partial charge in [0, 0.05) is 12.3 Å². The molecule has 0 amide bonds. The third kappa shape index (κ3) is 1.79. The fraction of sp³-hybridized carbons (Fsp3) is 0.286. The molecule has 2 aromatic rings. The zero-order valence-electron chi connectivity index (χ0n) is 9.93. The molecule has 1 aliphatic carbocycles. The first-order chi connectivity index (χ1) is 8.75. The number of benzene rings is 1. The molecule has 1 aliphatic rings. The fourth-order valence-corrected chi connectivity index (χ4v) is 2.69. The van der Waals surface area contributed by atoms with Crippen molar-refractivity contribution in [1.82, 2.24) is 9.55 Å². The zero-order valence-corrected chi connectivity index (χ0v) is 9.93. The van der Waals surface area contributed by atoms with E-state index in [-0.39, 0.29) is 17.3 Å². The van der Waals surface area contributed by atoms with Gasteiger partial charge in [-0.1, -0.05) is 24.3 Å². The molecule has 1 atom stereocenters. The molecular formula is C14H14N2O2. The predicted molar refractivity (Wildman–Crippen MR) is 68.8 cm³/mol. The van der Waals surface area contributed by atoms with E-state index in [2.05, 4.69) is 17.1 Å². The molecule has 92 valence electrons. The van der Waals surface area contributed by atoms with Crippen LogP contribution in [0.4, 0.5) is 0 Å². The van der Waals surface area contributed by atoms with Crippen LogP contribution in [0.15, 0.2) is 46.1 Å². The maximum Gasteiger partial charge on any atom is 0.328 e. The van der Waals surface area contributed by atoms with Crippen molar-refractivity contribution >= 4 is 0 Å². The Morgan fingerprint density at radius 1 is 1.17 bits per heavy atom. The first-order valence-electron chi connectivity index (χ1n) is 6.15. The van der Waals surface area contributed by atoms with Crippen molar-refractivity contribution < 1.29 is 0 Å². The number of aryl methyl sites for hydroxylation is 1. The highest BCUT2D eigenvalue weighted by Gasteiger charge is 2.21. The predicted octanol–water partition coefficient (Wildman–Crippen LogP) is 1.46. The molecule has 3 rings (SSSR count). The Hall–Kier alpha value is -2.10. The third-order valence-electron chi connectivity index (χ3n) is 3.52. The normalized spacial score (nSPS) is 18.3. The molecule has 0 fully saturated rings. The topological polar surface area (TPSA) is 54.9 Å². The van der Waals surface area contributed by atoms with Gasteiger partial charge in [0.25, 0.3) is 5.56 Å². The minimum atomic E-state index is -0.347. The van der Waals surface area contributed by atoms with Crippen molar-refractivity contribution in [3.05, 3.63) is 68.5 Å². The van der Waals surface area contributed by atoms with E-state index in [9.17, 15) is 9.59 Å². The molecule has 1 aromatic carbocycles. The summed E-state index contributed by atoms with van der Waals surface area (Å²) in [5.41, 5.74) is 1.81. The van der Waals surface area contributed by atoms with E-state index in [1.165, 1.54) is 17.2 Å². The van der Waals surface area contributed by atoms with Gasteiger partial charge in [-0.25, -0.2) is 4.79 Å². The van der Waals surface area contributed by atoms with Crippen molar-refractivity contribution in [2.45, 2.75) is 25.3 Å². The molecule has 0 spiro atoms. The van der Waals surface area contributed by atoms with Gasteiger partial charge in [0.1, 0.15) is 0 Å². The van der Waals surface area contributed by atoms with Crippen LogP contribution in [0.25, 0.3) is 0 Å². The summed E-state index contributed by atoms with van der Waals surface area (Å²) in [4.78, 5) is 25.3. The molecule has 0 bridgehead atoms. The van der Waals surface area contributed by atoms with Crippen LogP contribution in [-0.4, -0.2) is 9.55 Å². The summed E-state index contributed by atoms with van der Waals surface area (Å²) >= 11 is 0. The number of nitrogens with zero attached hydrogens (tertiary/aromatic N) is 1. The largest absolute Gasteiger partial charge is 0.328 e. The molecular weight excluding hydrogens is 228 g/mol. The van der Waals surface area contributed by atoms with E-state index in [0.29, 0.717) is 0 Å². The number of aromatic amines is 1. The van der Waals surface area contributed by atoms with E-state index in [4.69, 9.17) is 0 Å². The molecule has 18 heavy (non-hydrogen) atoms. The van der Waals surface area contributed by atoms with Crippen LogP contribution >= 0.6 is 0 Å². The molecule has 1 unspecified atom stereocenters. The Labute approximate surface area is 104 Å². The maximum absolute atomic E-state index is 11.9. The number of hydrogen-bond acceptors (Lipinski definition) is 2. The highest BCUT2D eigenvalue weighted by Crippen LogP contribution is 2.31. The minimum absolute atomic E-state index is 0.0410. The lowest BCUT2D eigenvalue weighted by Gasteiger charge is -2.26. The summed E-state index contributed by atoms with van der Waals surface area (Å²) in [6, 6.07) is 9.64. The molecule has 1 N–H and O–H groups in total. The quantitative estimate of drug-likeness (QED) is 0.823. The summed E-state index contributed by atoms with van der Waals surface area (Å²) in [5, 5.41) is 0. The van der Waals surface area contributed by atoms with Crippen LogP contribution < -0.4 is 11.2 Å². The molecule has 0 radical (unpaired) electrons. The van der Waals surface area contributed by atoms with Crippen molar-refractivity contribution in [1.29, 1.82) is 0 Å². The lowest BCUT2D eigenvalue weighted by Crippen LogP contribution is -2.33. The van der Waals surface area contributed by atoms with Gasteiger partial charge in [0.05, 0.1) is 6.04 Å². The van der Waals surface area contributed by atoms with Gasteiger partial charge in [0.2, 0.25) is 0 Å². The number of rotatable bonds is 1. The molecule has 0 aliphatic heterocycles. The van der Waals surface area contributed by atoms with Gasteiger partial charge in [-0.05, 0) is 30.4 Å². The average molecular weight is 242 g/mol. The Morgan fingerprint density at radius 2 is 2.00 bits per heavy atom. The first kappa shape index (κ1) is 11.0. The van der Waals surface area contributed by atoms with Gasteiger partial charge in [-0.3, -0.25) is 14.3 Å². The summed E-state index contributed by atoms with van der Waals surface area (Å²) in [7, 11) is 0. The van der Waals surface area contributed by atoms with E-state index < -0.39 is 0 Å². The second-order valence-electron chi connectivity index (χ2n) is 4.62. The van der Waals surface area contributed by atoms with Crippen LogP contribution in [0.2, 0.25) is 0 Å². The number of H-pyrrole nitrogens is 1. The van der Waals surface area contributed by atoms with Crippen LogP contribution in [0.1, 0.15) is 30.0 Å². The van der Waals surface area contributed by atoms with Crippen LogP contribution in [-0.2, 0) is 6.42 Å². The van der Waals surface area contributed by atoms with Crippen molar-refractivity contribution in [2.24, 2.45) is 0 Å². The Bertz CT molecular complexity index is 684. The number of nitrogens with one attached hydrogen (secondary N) is 1. The molecule has 0 saturated carbocycles.